The lowest BCUT2D eigenvalue weighted by Gasteiger charge is -2.39. The molecule has 1 atom stereocenters. The summed E-state index contributed by atoms with van der Waals surface area (Å²) in [6.45, 7) is 2.62. The van der Waals surface area contributed by atoms with Crippen LogP contribution in [-0.2, 0) is 11.2 Å². The Hall–Kier alpha value is -4.70. The summed E-state index contributed by atoms with van der Waals surface area (Å²) in [6, 6.07) is 7.92. The smallest absolute Gasteiger partial charge is 0.260 e. The van der Waals surface area contributed by atoms with Crippen LogP contribution in [-0.4, -0.2) is 59.2 Å². The van der Waals surface area contributed by atoms with Crippen molar-refractivity contribution in [1.82, 2.24) is 4.90 Å². The van der Waals surface area contributed by atoms with E-state index in [0.717, 1.165) is 0 Å². The minimum absolute atomic E-state index is 0.0312. The normalized spacial score (nSPS) is 18.7. The van der Waals surface area contributed by atoms with Crippen LogP contribution in [0.4, 0.5) is 0 Å². The molecule has 3 N–H and O–H groups in total. The molecule has 198 valence electrons. The number of phenols is 3. The summed E-state index contributed by atoms with van der Waals surface area (Å²) in [5.74, 6) is -0.991. The summed E-state index contributed by atoms with van der Waals surface area (Å²) in [6.07, 6.45) is 0.380. The predicted molar refractivity (Wildman–Crippen MR) is 142 cm³/mol. The van der Waals surface area contributed by atoms with Gasteiger partial charge in [-0.1, -0.05) is 6.07 Å². The molecule has 4 aromatic carbocycles. The fourth-order valence-electron chi connectivity index (χ4n) is 6.12. The molecule has 1 aromatic heterocycles. The number of amides is 1. The van der Waals surface area contributed by atoms with E-state index >= 15 is 0 Å². The Morgan fingerprint density at radius 2 is 1.64 bits per heavy atom. The fraction of sp³-hybridized carbons (Fsp3) is 0.241. The van der Waals surface area contributed by atoms with Gasteiger partial charge in [0.1, 0.15) is 28.2 Å². The first-order valence-electron chi connectivity index (χ1n) is 12.3. The van der Waals surface area contributed by atoms with Crippen molar-refractivity contribution in [3.8, 4) is 28.7 Å². The lowest BCUT2D eigenvalue weighted by Crippen LogP contribution is -2.51. The Kier molecular flexibility index (Phi) is 4.61. The van der Waals surface area contributed by atoms with E-state index in [1.165, 1.54) is 26.4 Å². The second-order valence-electron chi connectivity index (χ2n) is 10.0. The van der Waals surface area contributed by atoms with Crippen molar-refractivity contribution in [2.75, 3.05) is 27.4 Å². The summed E-state index contributed by atoms with van der Waals surface area (Å²) in [7, 11) is 2.87. The minimum atomic E-state index is -0.804. The van der Waals surface area contributed by atoms with Gasteiger partial charge >= 0.3 is 0 Å². The molecule has 0 bridgehead atoms. The Morgan fingerprint density at radius 1 is 0.897 bits per heavy atom. The van der Waals surface area contributed by atoms with Crippen LogP contribution >= 0.6 is 0 Å². The highest BCUT2D eigenvalue weighted by molar-refractivity contribution is 6.23. The summed E-state index contributed by atoms with van der Waals surface area (Å²) in [4.78, 5) is 28.7. The van der Waals surface area contributed by atoms with Crippen molar-refractivity contribution in [2.24, 2.45) is 0 Å². The van der Waals surface area contributed by atoms with Gasteiger partial charge in [-0.25, -0.2) is 0 Å². The molecule has 7 rings (SSSR count). The average molecular weight is 530 g/mol. The molecule has 1 amide bonds. The van der Waals surface area contributed by atoms with Crippen molar-refractivity contribution in [3.63, 3.8) is 0 Å². The highest BCUT2D eigenvalue weighted by atomic mass is 16.5. The molecule has 5 aromatic rings. The van der Waals surface area contributed by atoms with Crippen LogP contribution in [0.5, 0.6) is 28.7 Å². The van der Waals surface area contributed by atoms with Gasteiger partial charge in [0.15, 0.2) is 22.8 Å². The van der Waals surface area contributed by atoms with E-state index in [4.69, 9.17) is 18.6 Å². The molecule has 0 aliphatic carbocycles. The van der Waals surface area contributed by atoms with Crippen LogP contribution in [0.1, 0.15) is 22.8 Å². The third kappa shape index (κ3) is 2.89. The molecular formula is C29H23NO9. The Morgan fingerprint density at radius 3 is 2.38 bits per heavy atom. The van der Waals surface area contributed by atoms with Crippen LogP contribution in [0.15, 0.2) is 39.5 Å². The summed E-state index contributed by atoms with van der Waals surface area (Å²) in [5, 5.41) is 35.0. The van der Waals surface area contributed by atoms with Gasteiger partial charge in [0.05, 0.1) is 31.8 Å². The number of phenolic OH excluding ortho intramolecular Hbond substituents is 3. The van der Waals surface area contributed by atoms with Crippen molar-refractivity contribution in [2.45, 2.75) is 19.1 Å². The van der Waals surface area contributed by atoms with Crippen molar-refractivity contribution in [1.29, 1.82) is 0 Å². The number of ether oxygens (including phenoxy) is 3. The number of carbonyl (C=O) groups excluding carboxylic acids is 1. The first-order chi connectivity index (χ1) is 18.7. The molecule has 0 spiro atoms. The molecule has 1 saturated heterocycles. The minimum Gasteiger partial charge on any atom is -0.506 e. The Balaban J connectivity index is 1.61. The molecule has 0 saturated carbocycles. The number of fused-ring (bicyclic) bond motifs is 7. The molecule has 3 heterocycles. The molecule has 10 heteroatoms. The summed E-state index contributed by atoms with van der Waals surface area (Å²) in [5.41, 5.74) is -0.791. The molecule has 1 fully saturated rings. The number of methoxy groups -OCH3 is 2. The molecule has 2 aliphatic rings. The van der Waals surface area contributed by atoms with E-state index in [1.807, 2.05) is 6.92 Å². The van der Waals surface area contributed by atoms with Gasteiger partial charge in [0, 0.05) is 35.2 Å². The van der Waals surface area contributed by atoms with Gasteiger partial charge in [0.25, 0.3) is 5.91 Å². The van der Waals surface area contributed by atoms with E-state index in [1.54, 1.807) is 23.1 Å². The molecule has 2 aliphatic heterocycles. The molecule has 39 heavy (non-hydrogen) atoms. The van der Waals surface area contributed by atoms with Gasteiger partial charge in [-0.05, 0) is 36.1 Å². The Labute approximate surface area is 220 Å². The molecule has 0 radical (unpaired) electrons. The fourth-order valence-corrected chi connectivity index (χ4v) is 6.12. The van der Waals surface area contributed by atoms with Crippen molar-refractivity contribution in [3.05, 3.63) is 51.7 Å². The van der Waals surface area contributed by atoms with Gasteiger partial charge in [0.2, 0.25) is 5.43 Å². The molecule has 10 nitrogen and oxygen atoms in total. The highest BCUT2D eigenvalue weighted by Crippen LogP contribution is 2.49. The maximum absolute atomic E-state index is 13.7. The third-order valence-corrected chi connectivity index (χ3v) is 7.98. The third-order valence-electron chi connectivity index (χ3n) is 7.98. The largest absolute Gasteiger partial charge is 0.506 e. The van der Waals surface area contributed by atoms with Crippen LogP contribution in [0, 0.1) is 0 Å². The van der Waals surface area contributed by atoms with Crippen LogP contribution in [0.25, 0.3) is 43.5 Å². The van der Waals surface area contributed by atoms with E-state index in [-0.39, 0.29) is 61.1 Å². The highest BCUT2D eigenvalue weighted by Gasteiger charge is 2.47. The van der Waals surface area contributed by atoms with Crippen LogP contribution in [0.2, 0.25) is 0 Å². The van der Waals surface area contributed by atoms with Crippen LogP contribution in [0.3, 0.4) is 0 Å². The SMILES string of the molecule is COc1cc2oc3c(O)c4ccc5cc6c(c(O)c5c4c(O)c3c(=O)c2cc1OC)C(=O)N1CCO[C@@]1(C)C6. The average Bonchev–Trinajstić information content (AvgIpc) is 3.31. The standard InChI is InChI=1S/C29H23NO9/c1-29-11-13-8-12-4-5-14-21(19(12)25(33)20(13)28(35)30(29)6-7-38-29)26(34)22-23(31)15-9-17(36-2)18(37-3)10-16(15)39-27(22)24(14)32/h4-5,8-10,32-34H,6-7,11H2,1-3H3/t29-/m0/s1. The maximum Gasteiger partial charge on any atom is 0.260 e. The first-order valence-corrected chi connectivity index (χ1v) is 12.3. The number of rotatable bonds is 2. The zero-order chi connectivity index (χ0) is 27.4. The Bertz CT molecular complexity index is 1990. The van der Waals surface area contributed by atoms with Gasteiger partial charge in [-0.3, -0.25) is 9.59 Å². The second kappa shape index (κ2) is 7.67. The van der Waals surface area contributed by atoms with Gasteiger partial charge < -0.3 is 38.8 Å². The molecular weight excluding hydrogens is 506 g/mol. The lowest BCUT2D eigenvalue weighted by molar-refractivity contribution is -0.0568. The van der Waals surface area contributed by atoms with E-state index in [2.05, 4.69) is 0 Å². The van der Waals surface area contributed by atoms with E-state index in [9.17, 15) is 24.9 Å². The number of hydrogen-bond acceptors (Lipinski definition) is 9. The van der Waals surface area contributed by atoms with Gasteiger partial charge in [-0.15, -0.1) is 0 Å². The van der Waals surface area contributed by atoms with Crippen LogP contribution < -0.4 is 14.9 Å². The number of hydrogen-bond donors (Lipinski definition) is 3. The number of nitrogens with zero attached hydrogens (tertiary/aromatic N) is 1. The second-order valence-corrected chi connectivity index (χ2v) is 10.0. The number of benzene rings is 4. The maximum atomic E-state index is 13.7. The topological polar surface area (TPSA) is 139 Å². The predicted octanol–water partition coefficient (Wildman–Crippen LogP) is 4.13. The lowest BCUT2D eigenvalue weighted by atomic mass is 9.87. The monoisotopic (exact) mass is 529 g/mol. The summed E-state index contributed by atoms with van der Waals surface area (Å²) < 4.78 is 22.4. The zero-order valence-electron chi connectivity index (χ0n) is 21.2. The van der Waals surface area contributed by atoms with Gasteiger partial charge in [-0.2, -0.15) is 0 Å². The number of carbonyl (C=O) groups is 1. The van der Waals surface area contributed by atoms with E-state index < -0.39 is 22.7 Å². The quantitative estimate of drug-likeness (QED) is 0.175. The molecule has 0 unspecified atom stereocenters. The van der Waals surface area contributed by atoms with E-state index in [0.29, 0.717) is 36.3 Å². The van der Waals surface area contributed by atoms with Crippen molar-refractivity contribution < 1.29 is 38.7 Å². The summed E-state index contributed by atoms with van der Waals surface area (Å²) >= 11 is 0. The zero-order valence-corrected chi connectivity index (χ0v) is 21.2. The number of aromatic hydroxyl groups is 3. The first kappa shape index (κ1) is 23.4. The van der Waals surface area contributed by atoms with Crippen molar-refractivity contribution >= 4 is 49.4 Å².